The first kappa shape index (κ1) is 28.0. The number of benzene rings is 3. The number of rotatable bonds is 10. The first-order valence-electron chi connectivity index (χ1n) is 11.6. The lowest BCUT2D eigenvalue weighted by Gasteiger charge is -2.32. The molecule has 1 atom stereocenters. The molecular weight excluding hydrogens is 514 g/mol. The van der Waals surface area contributed by atoms with E-state index in [0.29, 0.717) is 16.3 Å². The smallest absolute Gasteiger partial charge is 0.264 e. The number of nitrogens with one attached hydrogen (secondary N) is 1. The summed E-state index contributed by atoms with van der Waals surface area (Å²) in [4.78, 5) is 27.6. The summed E-state index contributed by atoms with van der Waals surface area (Å²) in [6.07, 6.45) is 0. The van der Waals surface area contributed by atoms with Gasteiger partial charge in [-0.25, -0.2) is 8.42 Å². The van der Waals surface area contributed by atoms with Crippen LogP contribution in [0.2, 0.25) is 5.02 Å². The van der Waals surface area contributed by atoms with Crippen LogP contribution in [0.15, 0.2) is 77.7 Å². The van der Waals surface area contributed by atoms with Crippen LogP contribution in [0.1, 0.15) is 18.1 Å². The van der Waals surface area contributed by atoms with Gasteiger partial charge >= 0.3 is 0 Å². The zero-order valence-electron chi connectivity index (χ0n) is 21.1. The van der Waals surface area contributed by atoms with E-state index in [2.05, 4.69) is 5.32 Å². The van der Waals surface area contributed by atoms with Crippen LogP contribution in [0.25, 0.3) is 0 Å². The van der Waals surface area contributed by atoms with E-state index in [0.717, 1.165) is 9.87 Å². The molecule has 196 valence electrons. The molecule has 3 aromatic rings. The van der Waals surface area contributed by atoms with E-state index < -0.39 is 28.5 Å². The Hall–Kier alpha value is -3.56. The highest BCUT2D eigenvalue weighted by atomic mass is 35.5. The zero-order chi connectivity index (χ0) is 27.2. The summed E-state index contributed by atoms with van der Waals surface area (Å²) in [5.74, 6) is -0.511. The second-order valence-corrected chi connectivity index (χ2v) is 10.8. The van der Waals surface area contributed by atoms with E-state index in [-0.39, 0.29) is 23.0 Å². The molecular formula is C27H30ClN3O5S. The van der Waals surface area contributed by atoms with Gasteiger partial charge in [-0.3, -0.25) is 13.9 Å². The van der Waals surface area contributed by atoms with Gasteiger partial charge in [0.2, 0.25) is 11.8 Å². The SMILES string of the molecule is CNC(=O)[C@@H](C)N(Cc1cccc(Cl)c1)C(=O)CN(c1cccc(OC)c1)S(=O)(=O)c1ccc(C)cc1. The lowest BCUT2D eigenvalue weighted by molar-refractivity contribution is -0.139. The molecule has 3 aromatic carbocycles. The summed E-state index contributed by atoms with van der Waals surface area (Å²) < 4.78 is 33.9. The van der Waals surface area contributed by atoms with E-state index in [1.54, 1.807) is 67.6 Å². The van der Waals surface area contributed by atoms with Gasteiger partial charge in [0.05, 0.1) is 17.7 Å². The lowest BCUT2D eigenvalue weighted by atomic mass is 10.1. The number of methoxy groups -OCH3 is 1. The minimum Gasteiger partial charge on any atom is -0.497 e. The normalized spacial score (nSPS) is 11.9. The van der Waals surface area contributed by atoms with E-state index >= 15 is 0 Å². The van der Waals surface area contributed by atoms with Crippen molar-refractivity contribution in [1.29, 1.82) is 0 Å². The summed E-state index contributed by atoms with van der Waals surface area (Å²) >= 11 is 6.13. The number of sulfonamides is 1. The van der Waals surface area contributed by atoms with Crippen LogP contribution in [0.4, 0.5) is 5.69 Å². The molecule has 10 heteroatoms. The number of anilines is 1. The number of nitrogens with zero attached hydrogens (tertiary/aromatic N) is 2. The minimum absolute atomic E-state index is 0.0365. The number of carbonyl (C=O) groups excluding carboxylic acids is 2. The van der Waals surface area contributed by atoms with Crippen LogP contribution in [-0.4, -0.2) is 51.9 Å². The van der Waals surface area contributed by atoms with Crippen molar-refractivity contribution in [2.45, 2.75) is 31.3 Å². The van der Waals surface area contributed by atoms with Crippen LogP contribution < -0.4 is 14.4 Å². The molecule has 0 aliphatic carbocycles. The van der Waals surface area contributed by atoms with Crippen LogP contribution >= 0.6 is 11.6 Å². The highest BCUT2D eigenvalue weighted by Gasteiger charge is 2.32. The first-order chi connectivity index (χ1) is 17.6. The maximum atomic E-state index is 13.8. The van der Waals surface area contributed by atoms with Crippen LogP contribution in [-0.2, 0) is 26.2 Å². The predicted octanol–water partition coefficient (Wildman–Crippen LogP) is 4.02. The molecule has 0 heterocycles. The van der Waals surface area contributed by atoms with E-state index in [9.17, 15) is 18.0 Å². The fraction of sp³-hybridized carbons (Fsp3) is 0.259. The van der Waals surface area contributed by atoms with E-state index in [4.69, 9.17) is 16.3 Å². The van der Waals surface area contributed by atoms with E-state index in [1.807, 2.05) is 6.92 Å². The van der Waals surface area contributed by atoms with Gasteiger partial charge in [-0.1, -0.05) is 47.5 Å². The minimum atomic E-state index is -4.15. The van der Waals surface area contributed by atoms with Crippen LogP contribution in [0.3, 0.4) is 0 Å². The van der Waals surface area contributed by atoms with Gasteiger partial charge in [0.15, 0.2) is 0 Å². The Kier molecular flexibility index (Phi) is 9.18. The Morgan fingerprint density at radius 3 is 2.32 bits per heavy atom. The summed E-state index contributed by atoms with van der Waals surface area (Å²) in [5, 5.41) is 3.04. The van der Waals surface area contributed by atoms with Gasteiger partial charge in [0.1, 0.15) is 18.3 Å². The Morgan fingerprint density at radius 1 is 1.03 bits per heavy atom. The molecule has 0 unspecified atom stereocenters. The third kappa shape index (κ3) is 6.81. The molecule has 0 saturated heterocycles. The summed E-state index contributed by atoms with van der Waals surface area (Å²) in [5.41, 5.74) is 1.85. The molecule has 0 bridgehead atoms. The largest absolute Gasteiger partial charge is 0.497 e. The molecule has 0 aliphatic rings. The predicted molar refractivity (Wildman–Crippen MR) is 144 cm³/mol. The maximum absolute atomic E-state index is 13.8. The number of likely N-dealkylation sites (N-methyl/N-ethyl adjacent to an activating group) is 1. The number of halogens is 1. The van der Waals surface area contributed by atoms with E-state index in [1.165, 1.54) is 31.2 Å². The van der Waals surface area contributed by atoms with Crippen molar-refractivity contribution >= 4 is 39.1 Å². The quantitative estimate of drug-likeness (QED) is 0.417. The van der Waals surface area contributed by atoms with Crippen molar-refractivity contribution in [1.82, 2.24) is 10.2 Å². The fourth-order valence-electron chi connectivity index (χ4n) is 3.76. The average molecular weight is 544 g/mol. The van der Waals surface area contributed by atoms with Gasteiger partial charge in [0.25, 0.3) is 10.0 Å². The lowest BCUT2D eigenvalue weighted by Crippen LogP contribution is -2.50. The number of ether oxygens (including phenoxy) is 1. The third-order valence-electron chi connectivity index (χ3n) is 5.88. The fourth-order valence-corrected chi connectivity index (χ4v) is 5.37. The molecule has 0 saturated carbocycles. The monoisotopic (exact) mass is 543 g/mol. The molecule has 37 heavy (non-hydrogen) atoms. The van der Waals surface area contributed by atoms with Crippen molar-refractivity contribution in [3.8, 4) is 5.75 Å². The van der Waals surface area contributed by atoms with Crippen molar-refractivity contribution in [2.75, 3.05) is 25.0 Å². The van der Waals surface area contributed by atoms with Crippen LogP contribution in [0.5, 0.6) is 5.75 Å². The highest BCUT2D eigenvalue weighted by molar-refractivity contribution is 7.92. The molecule has 1 N–H and O–H groups in total. The van der Waals surface area contributed by atoms with Gasteiger partial charge in [-0.2, -0.15) is 0 Å². The van der Waals surface area contributed by atoms with Crippen molar-refractivity contribution in [2.24, 2.45) is 0 Å². The molecule has 0 aliphatic heterocycles. The Bertz CT molecular complexity index is 1360. The molecule has 3 rings (SSSR count). The van der Waals surface area contributed by atoms with Crippen molar-refractivity contribution in [3.05, 3.63) is 88.9 Å². The first-order valence-corrected chi connectivity index (χ1v) is 13.4. The number of hydrogen-bond donors (Lipinski definition) is 1. The van der Waals surface area contributed by atoms with Gasteiger partial charge in [-0.05, 0) is 55.8 Å². The zero-order valence-corrected chi connectivity index (χ0v) is 22.7. The van der Waals surface area contributed by atoms with Crippen LogP contribution in [0, 0.1) is 6.92 Å². The third-order valence-corrected chi connectivity index (χ3v) is 7.91. The standard InChI is InChI=1S/C27H30ClN3O5S/c1-19-11-13-25(14-12-19)37(34,35)31(23-9-6-10-24(16-23)36-4)18-26(32)30(20(2)27(33)29-3)17-21-7-5-8-22(28)15-21/h5-16,20H,17-18H2,1-4H3,(H,29,33)/t20-/m1/s1. The molecule has 8 nitrogen and oxygen atoms in total. The van der Waals surface area contributed by atoms with Gasteiger partial charge < -0.3 is 15.0 Å². The molecule has 0 radical (unpaired) electrons. The topological polar surface area (TPSA) is 96.0 Å². The second kappa shape index (κ2) is 12.1. The number of amides is 2. The van der Waals surface area contributed by atoms with Gasteiger partial charge in [0, 0.05) is 24.7 Å². The summed E-state index contributed by atoms with van der Waals surface area (Å²) in [6, 6.07) is 18.9. The second-order valence-electron chi connectivity index (χ2n) is 8.47. The number of carbonyl (C=O) groups is 2. The average Bonchev–Trinajstić information content (AvgIpc) is 2.89. The maximum Gasteiger partial charge on any atom is 0.264 e. The Balaban J connectivity index is 2.05. The van der Waals surface area contributed by atoms with Crippen molar-refractivity contribution < 1.29 is 22.7 Å². The highest BCUT2D eigenvalue weighted by Crippen LogP contribution is 2.28. The molecule has 2 amide bonds. The number of hydrogen-bond acceptors (Lipinski definition) is 5. The Morgan fingerprint density at radius 2 is 1.70 bits per heavy atom. The Labute approximate surface area is 222 Å². The van der Waals surface area contributed by atoms with Crippen molar-refractivity contribution in [3.63, 3.8) is 0 Å². The number of aryl methyl sites for hydroxylation is 1. The molecule has 0 aromatic heterocycles. The van der Waals surface area contributed by atoms with Gasteiger partial charge in [-0.15, -0.1) is 0 Å². The summed E-state index contributed by atoms with van der Waals surface area (Å²) in [7, 11) is -1.20. The molecule has 0 spiro atoms. The molecule has 0 fully saturated rings. The summed E-state index contributed by atoms with van der Waals surface area (Å²) in [6.45, 7) is 2.97.